The van der Waals surface area contributed by atoms with Crippen LogP contribution in [0.15, 0.2) is 113 Å². The van der Waals surface area contributed by atoms with Gasteiger partial charge in [-0.3, -0.25) is 9.10 Å². The third kappa shape index (κ3) is 7.08. The van der Waals surface area contributed by atoms with Crippen molar-refractivity contribution in [2.75, 3.05) is 10.8 Å². The second-order valence-electron chi connectivity index (χ2n) is 8.80. The van der Waals surface area contributed by atoms with Crippen LogP contribution >= 0.6 is 0 Å². The average Bonchev–Trinajstić information content (AvgIpc) is 2.93. The lowest BCUT2D eigenvalue weighted by atomic mass is 10.2. The monoisotopic (exact) mass is 527 g/mol. The van der Waals surface area contributed by atoms with E-state index in [0.29, 0.717) is 18.0 Å². The molecule has 0 heterocycles. The van der Waals surface area contributed by atoms with Gasteiger partial charge in [-0.25, -0.2) is 13.8 Å². The number of para-hydroxylation sites is 1. The minimum Gasteiger partial charge on any atom is -0.489 e. The number of amides is 1. The molecule has 1 amide bonds. The molecule has 8 heteroatoms. The van der Waals surface area contributed by atoms with E-state index in [4.69, 9.17) is 4.74 Å². The molecule has 0 fully saturated rings. The Kier molecular flexibility index (Phi) is 8.55. The topological polar surface area (TPSA) is 88.1 Å². The summed E-state index contributed by atoms with van der Waals surface area (Å²) >= 11 is 0. The Hall–Kier alpha value is -4.43. The van der Waals surface area contributed by atoms with Crippen LogP contribution in [0.25, 0.3) is 0 Å². The smallest absolute Gasteiger partial charge is 0.264 e. The molecular formula is C30H29N3O4S. The summed E-state index contributed by atoms with van der Waals surface area (Å²) in [5.74, 6) is 0.144. The molecule has 0 saturated heterocycles. The molecule has 0 spiro atoms. The van der Waals surface area contributed by atoms with Gasteiger partial charge in [-0.05, 0) is 73.5 Å². The maximum atomic E-state index is 13.4. The van der Waals surface area contributed by atoms with Crippen molar-refractivity contribution >= 4 is 27.8 Å². The molecule has 0 aliphatic rings. The number of hydrogen-bond acceptors (Lipinski definition) is 5. The molecule has 4 aromatic rings. The Morgan fingerprint density at radius 1 is 0.842 bits per heavy atom. The van der Waals surface area contributed by atoms with Gasteiger partial charge in [-0.2, -0.15) is 5.10 Å². The molecule has 194 valence electrons. The Bertz CT molecular complexity index is 1480. The number of carbonyl (C=O) groups is 1. The second-order valence-corrected chi connectivity index (χ2v) is 10.7. The first-order chi connectivity index (χ1) is 18.3. The Balaban J connectivity index is 1.38. The number of sulfonamides is 1. The van der Waals surface area contributed by atoms with Crippen molar-refractivity contribution in [2.24, 2.45) is 5.10 Å². The molecule has 0 unspecified atom stereocenters. The quantitative estimate of drug-likeness (QED) is 0.226. The number of ether oxygens (including phenoxy) is 1. The van der Waals surface area contributed by atoms with Crippen LogP contribution in [0.5, 0.6) is 5.75 Å². The van der Waals surface area contributed by atoms with Crippen molar-refractivity contribution in [3.63, 3.8) is 0 Å². The molecule has 0 atom stereocenters. The molecule has 0 radical (unpaired) electrons. The minimum absolute atomic E-state index is 0.105. The van der Waals surface area contributed by atoms with Gasteiger partial charge in [0.05, 0.1) is 16.8 Å². The highest BCUT2D eigenvalue weighted by atomic mass is 32.2. The van der Waals surface area contributed by atoms with Gasteiger partial charge in [0.1, 0.15) is 18.9 Å². The van der Waals surface area contributed by atoms with Crippen molar-refractivity contribution in [1.82, 2.24) is 5.43 Å². The van der Waals surface area contributed by atoms with Crippen molar-refractivity contribution in [1.29, 1.82) is 0 Å². The first-order valence-electron chi connectivity index (χ1n) is 12.1. The summed E-state index contributed by atoms with van der Waals surface area (Å²) in [6, 6.07) is 30.4. The summed E-state index contributed by atoms with van der Waals surface area (Å²) in [5.41, 5.74) is 6.77. The third-order valence-electron chi connectivity index (χ3n) is 5.75. The van der Waals surface area contributed by atoms with E-state index in [9.17, 15) is 13.2 Å². The highest BCUT2D eigenvalue weighted by Crippen LogP contribution is 2.23. The fourth-order valence-electron chi connectivity index (χ4n) is 3.59. The molecule has 4 aromatic carbocycles. The number of hydrazone groups is 1. The van der Waals surface area contributed by atoms with Gasteiger partial charge in [-0.15, -0.1) is 0 Å². The number of aryl methyl sites for hydroxylation is 2. The van der Waals surface area contributed by atoms with Crippen LogP contribution in [0, 0.1) is 13.8 Å². The van der Waals surface area contributed by atoms with Crippen LogP contribution < -0.4 is 14.5 Å². The zero-order chi connectivity index (χ0) is 27.0. The molecule has 0 aromatic heterocycles. The lowest BCUT2D eigenvalue weighted by molar-refractivity contribution is -0.119. The minimum atomic E-state index is -3.97. The molecule has 4 rings (SSSR count). The van der Waals surface area contributed by atoms with E-state index in [-0.39, 0.29) is 4.90 Å². The number of anilines is 1. The zero-order valence-corrected chi connectivity index (χ0v) is 22.1. The Morgan fingerprint density at radius 2 is 1.45 bits per heavy atom. The first kappa shape index (κ1) is 26.6. The second kappa shape index (κ2) is 12.2. The van der Waals surface area contributed by atoms with Crippen molar-refractivity contribution in [2.45, 2.75) is 25.3 Å². The SMILES string of the molecule is Cc1ccc(COc2ccc(/C=N\NC(=O)CN(c3ccccc3)S(=O)(=O)c3ccc(C)cc3)cc2)cc1. The normalized spacial score (nSPS) is 11.3. The van der Waals surface area contributed by atoms with Crippen molar-refractivity contribution in [3.8, 4) is 5.75 Å². The fraction of sp³-hybridized carbons (Fsp3) is 0.133. The average molecular weight is 528 g/mol. The van der Waals surface area contributed by atoms with Crippen LogP contribution in [0.4, 0.5) is 5.69 Å². The summed E-state index contributed by atoms with van der Waals surface area (Å²) < 4.78 is 33.6. The molecular weight excluding hydrogens is 498 g/mol. The van der Waals surface area contributed by atoms with Crippen LogP contribution in [0.1, 0.15) is 22.3 Å². The number of carbonyl (C=O) groups excluding carboxylic acids is 1. The van der Waals surface area contributed by atoms with Crippen LogP contribution in [-0.4, -0.2) is 27.1 Å². The van der Waals surface area contributed by atoms with E-state index in [2.05, 4.69) is 10.5 Å². The standard InChI is InChI=1S/C30H29N3O4S/c1-23-8-12-26(13-9-23)22-37-28-16-14-25(15-17-28)20-31-32-30(34)21-33(27-6-4-3-5-7-27)38(35,36)29-18-10-24(2)11-19-29/h3-20H,21-22H2,1-2H3,(H,32,34)/b31-20-. The first-order valence-corrected chi connectivity index (χ1v) is 13.5. The van der Waals surface area contributed by atoms with Crippen molar-refractivity contribution in [3.05, 3.63) is 125 Å². The predicted molar refractivity (Wildman–Crippen MR) is 150 cm³/mol. The number of hydrogen-bond donors (Lipinski definition) is 1. The summed E-state index contributed by atoms with van der Waals surface area (Å²) in [6.07, 6.45) is 1.49. The number of rotatable bonds is 10. The number of benzene rings is 4. The van der Waals surface area contributed by atoms with E-state index in [0.717, 1.165) is 21.0 Å². The molecule has 0 bridgehead atoms. The lowest BCUT2D eigenvalue weighted by Crippen LogP contribution is -2.39. The van der Waals surface area contributed by atoms with Gasteiger partial charge in [0.15, 0.2) is 0 Å². The highest BCUT2D eigenvalue weighted by molar-refractivity contribution is 7.92. The maximum absolute atomic E-state index is 13.4. The van der Waals surface area contributed by atoms with Gasteiger partial charge in [0.25, 0.3) is 15.9 Å². The Labute approximate surface area is 223 Å². The van der Waals surface area contributed by atoms with E-state index >= 15 is 0 Å². The summed E-state index contributed by atoms with van der Waals surface area (Å²) in [5, 5.41) is 4.00. The molecule has 38 heavy (non-hydrogen) atoms. The highest BCUT2D eigenvalue weighted by Gasteiger charge is 2.27. The van der Waals surface area contributed by atoms with E-state index in [1.807, 2.05) is 62.4 Å². The van der Waals surface area contributed by atoms with E-state index < -0.39 is 22.5 Å². The fourth-order valence-corrected chi connectivity index (χ4v) is 5.01. The molecule has 7 nitrogen and oxygen atoms in total. The van der Waals surface area contributed by atoms with Gasteiger partial charge in [0.2, 0.25) is 0 Å². The summed E-state index contributed by atoms with van der Waals surface area (Å²) in [4.78, 5) is 12.8. The number of nitrogens with zero attached hydrogens (tertiary/aromatic N) is 2. The van der Waals surface area contributed by atoms with Gasteiger partial charge in [-0.1, -0.05) is 65.7 Å². The van der Waals surface area contributed by atoms with Gasteiger partial charge >= 0.3 is 0 Å². The number of nitrogens with one attached hydrogen (secondary N) is 1. The van der Waals surface area contributed by atoms with Crippen LogP contribution in [0.2, 0.25) is 0 Å². The molecule has 0 saturated carbocycles. The van der Waals surface area contributed by atoms with Gasteiger partial charge < -0.3 is 4.74 Å². The largest absolute Gasteiger partial charge is 0.489 e. The predicted octanol–water partition coefficient (Wildman–Crippen LogP) is 5.23. The summed E-state index contributed by atoms with van der Waals surface area (Å²) in [6.45, 7) is 3.96. The molecule has 0 aliphatic carbocycles. The van der Waals surface area contributed by atoms with Crippen LogP contribution in [0.3, 0.4) is 0 Å². The maximum Gasteiger partial charge on any atom is 0.264 e. The summed E-state index contributed by atoms with van der Waals surface area (Å²) in [7, 11) is -3.97. The molecule has 1 N–H and O–H groups in total. The van der Waals surface area contributed by atoms with E-state index in [1.54, 1.807) is 42.5 Å². The Morgan fingerprint density at radius 3 is 2.08 bits per heavy atom. The zero-order valence-electron chi connectivity index (χ0n) is 21.2. The third-order valence-corrected chi connectivity index (χ3v) is 7.54. The van der Waals surface area contributed by atoms with Crippen LogP contribution in [-0.2, 0) is 21.4 Å². The lowest BCUT2D eigenvalue weighted by Gasteiger charge is -2.23. The molecule has 0 aliphatic heterocycles. The van der Waals surface area contributed by atoms with E-state index in [1.165, 1.54) is 23.9 Å². The van der Waals surface area contributed by atoms with Gasteiger partial charge in [0, 0.05) is 0 Å². The van der Waals surface area contributed by atoms with Crippen molar-refractivity contribution < 1.29 is 17.9 Å².